The molecule has 1 N–H and O–H groups in total. The Morgan fingerprint density at radius 1 is 1.42 bits per heavy atom. The van der Waals surface area contributed by atoms with Crippen molar-refractivity contribution in [2.24, 2.45) is 17.3 Å². The summed E-state index contributed by atoms with van der Waals surface area (Å²) in [4.78, 5) is 11.6. The SMILES string of the molecule is C=C(C(=O)OC)[C@@H]1CC[C@@]2(C)CC[C@H](O)C(=C)[C@@H]2C1. The zero-order valence-electron chi connectivity index (χ0n) is 11.9. The van der Waals surface area contributed by atoms with Gasteiger partial charge in [-0.05, 0) is 54.9 Å². The molecule has 0 saturated heterocycles. The number of hydrogen-bond acceptors (Lipinski definition) is 3. The van der Waals surface area contributed by atoms with Gasteiger partial charge in [0.1, 0.15) is 0 Å². The van der Waals surface area contributed by atoms with E-state index >= 15 is 0 Å². The van der Waals surface area contributed by atoms with Gasteiger partial charge < -0.3 is 9.84 Å². The van der Waals surface area contributed by atoms with Crippen molar-refractivity contribution in [3.8, 4) is 0 Å². The summed E-state index contributed by atoms with van der Waals surface area (Å²) in [6.45, 7) is 10.3. The van der Waals surface area contributed by atoms with Gasteiger partial charge in [-0.3, -0.25) is 0 Å². The van der Waals surface area contributed by atoms with Crippen molar-refractivity contribution in [2.75, 3.05) is 7.11 Å². The van der Waals surface area contributed by atoms with E-state index in [1.54, 1.807) is 0 Å². The van der Waals surface area contributed by atoms with Crippen LogP contribution in [-0.4, -0.2) is 24.3 Å². The summed E-state index contributed by atoms with van der Waals surface area (Å²) in [6, 6.07) is 0. The van der Waals surface area contributed by atoms with Crippen LogP contribution in [0.25, 0.3) is 0 Å². The minimum Gasteiger partial charge on any atom is -0.466 e. The monoisotopic (exact) mass is 264 g/mol. The van der Waals surface area contributed by atoms with E-state index in [1.165, 1.54) is 7.11 Å². The third-order valence-corrected chi connectivity index (χ3v) is 5.23. The fraction of sp³-hybridized carbons (Fsp3) is 0.688. The molecule has 0 amide bonds. The number of carbonyl (C=O) groups excluding carboxylic acids is 1. The Morgan fingerprint density at radius 3 is 2.68 bits per heavy atom. The van der Waals surface area contributed by atoms with Gasteiger partial charge >= 0.3 is 5.97 Å². The van der Waals surface area contributed by atoms with Gasteiger partial charge in [0.25, 0.3) is 0 Å². The van der Waals surface area contributed by atoms with E-state index in [0.29, 0.717) is 5.57 Å². The zero-order chi connectivity index (χ0) is 14.2. The van der Waals surface area contributed by atoms with Crippen LogP contribution >= 0.6 is 0 Å². The number of methoxy groups -OCH3 is 1. The van der Waals surface area contributed by atoms with Gasteiger partial charge in [-0.15, -0.1) is 0 Å². The molecular formula is C16H24O3. The molecule has 106 valence electrons. The maximum absolute atomic E-state index is 11.6. The van der Waals surface area contributed by atoms with E-state index in [9.17, 15) is 9.90 Å². The minimum absolute atomic E-state index is 0.160. The lowest BCUT2D eigenvalue weighted by atomic mass is 9.55. The number of hydrogen-bond donors (Lipinski definition) is 1. The summed E-state index contributed by atoms with van der Waals surface area (Å²) in [7, 11) is 1.39. The molecule has 2 aliphatic rings. The predicted octanol–water partition coefficient (Wildman–Crippen LogP) is 2.85. The first-order valence-corrected chi connectivity index (χ1v) is 7.03. The highest BCUT2D eigenvalue weighted by molar-refractivity contribution is 5.88. The van der Waals surface area contributed by atoms with Gasteiger partial charge in [0.2, 0.25) is 0 Å². The fourth-order valence-corrected chi connectivity index (χ4v) is 3.76. The highest BCUT2D eigenvalue weighted by Crippen LogP contribution is 2.54. The fourth-order valence-electron chi connectivity index (χ4n) is 3.76. The molecule has 3 nitrogen and oxygen atoms in total. The molecule has 2 rings (SSSR count). The number of aliphatic hydroxyl groups excluding tert-OH is 1. The summed E-state index contributed by atoms with van der Waals surface area (Å²) in [5.41, 5.74) is 1.73. The number of aliphatic hydroxyl groups is 1. The molecule has 0 bridgehead atoms. The lowest BCUT2D eigenvalue weighted by Gasteiger charge is -2.50. The largest absolute Gasteiger partial charge is 0.466 e. The molecule has 2 aliphatic carbocycles. The highest BCUT2D eigenvalue weighted by atomic mass is 16.5. The lowest BCUT2D eigenvalue weighted by Crippen LogP contribution is -2.43. The maximum atomic E-state index is 11.6. The molecule has 0 heterocycles. The summed E-state index contributed by atoms with van der Waals surface area (Å²) in [5, 5.41) is 10.00. The third kappa shape index (κ3) is 2.48. The van der Waals surface area contributed by atoms with Crippen LogP contribution in [0, 0.1) is 17.3 Å². The normalized spacial score (nSPS) is 38.5. The van der Waals surface area contributed by atoms with E-state index in [0.717, 1.165) is 37.7 Å². The van der Waals surface area contributed by atoms with Gasteiger partial charge in [-0.1, -0.05) is 20.1 Å². The van der Waals surface area contributed by atoms with Gasteiger partial charge in [-0.25, -0.2) is 4.79 Å². The first kappa shape index (κ1) is 14.3. The maximum Gasteiger partial charge on any atom is 0.333 e. The van der Waals surface area contributed by atoms with Crippen LogP contribution < -0.4 is 0 Å². The first-order valence-electron chi connectivity index (χ1n) is 7.03. The van der Waals surface area contributed by atoms with Crippen molar-refractivity contribution in [3.63, 3.8) is 0 Å². The van der Waals surface area contributed by atoms with Crippen LogP contribution in [0.15, 0.2) is 24.3 Å². The van der Waals surface area contributed by atoms with Crippen molar-refractivity contribution >= 4 is 5.97 Å². The molecule has 2 saturated carbocycles. The molecular weight excluding hydrogens is 240 g/mol. The molecule has 0 radical (unpaired) electrons. The summed E-state index contributed by atoms with van der Waals surface area (Å²) < 4.78 is 4.76. The molecule has 2 fully saturated rings. The lowest BCUT2D eigenvalue weighted by molar-refractivity contribution is -0.137. The molecule has 0 aromatic carbocycles. The van der Waals surface area contributed by atoms with Crippen LogP contribution in [0.5, 0.6) is 0 Å². The van der Waals surface area contributed by atoms with E-state index in [1.807, 2.05) is 0 Å². The molecule has 0 aliphatic heterocycles. The summed E-state index contributed by atoms with van der Waals surface area (Å²) >= 11 is 0. The Kier molecular flexibility index (Phi) is 3.86. The molecule has 19 heavy (non-hydrogen) atoms. The topological polar surface area (TPSA) is 46.5 Å². The minimum atomic E-state index is -0.386. The Balaban J connectivity index is 2.14. The van der Waals surface area contributed by atoms with Crippen molar-refractivity contribution in [2.45, 2.75) is 45.1 Å². The zero-order valence-corrected chi connectivity index (χ0v) is 11.9. The molecule has 0 unspecified atom stereocenters. The van der Waals surface area contributed by atoms with Crippen molar-refractivity contribution in [1.82, 2.24) is 0 Å². The van der Waals surface area contributed by atoms with E-state index < -0.39 is 0 Å². The second-order valence-corrected chi connectivity index (χ2v) is 6.32. The Hall–Kier alpha value is -1.09. The summed E-state index contributed by atoms with van der Waals surface area (Å²) in [5.74, 6) is 0.138. The van der Waals surface area contributed by atoms with Crippen molar-refractivity contribution in [1.29, 1.82) is 0 Å². The van der Waals surface area contributed by atoms with E-state index in [-0.39, 0.29) is 29.3 Å². The quantitative estimate of drug-likeness (QED) is 0.474. The van der Waals surface area contributed by atoms with Crippen molar-refractivity contribution < 1.29 is 14.6 Å². The van der Waals surface area contributed by atoms with Crippen LogP contribution in [0.3, 0.4) is 0 Å². The third-order valence-electron chi connectivity index (χ3n) is 5.23. The van der Waals surface area contributed by atoms with Crippen LogP contribution in [-0.2, 0) is 9.53 Å². The smallest absolute Gasteiger partial charge is 0.333 e. The second kappa shape index (κ2) is 5.12. The molecule has 0 spiro atoms. The Morgan fingerprint density at radius 2 is 2.05 bits per heavy atom. The second-order valence-electron chi connectivity index (χ2n) is 6.32. The number of rotatable bonds is 2. The molecule has 0 aromatic heterocycles. The average Bonchev–Trinajstić information content (AvgIpc) is 2.41. The Bertz CT molecular complexity index is 412. The van der Waals surface area contributed by atoms with Crippen LogP contribution in [0.4, 0.5) is 0 Å². The van der Waals surface area contributed by atoms with Crippen molar-refractivity contribution in [3.05, 3.63) is 24.3 Å². The predicted molar refractivity (Wildman–Crippen MR) is 74.5 cm³/mol. The number of ether oxygens (including phenoxy) is 1. The highest BCUT2D eigenvalue weighted by Gasteiger charge is 2.46. The molecule has 0 aromatic rings. The molecule has 3 heteroatoms. The van der Waals surface area contributed by atoms with Crippen LogP contribution in [0.2, 0.25) is 0 Å². The average molecular weight is 264 g/mol. The van der Waals surface area contributed by atoms with Gasteiger partial charge in [0.15, 0.2) is 0 Å². The molecule has 4 atom stereocenters. The number of esters is 1. The van der Waals surface area contributed by atoms with E-state index in [4.69, 9.17) is 4.74 Å². The van der Waals surface area contributed by atoms with Gasteiger partial charge in [0.05, 0.1) is 13.2 Å². The van der Waals surface area contributed by atoms with Gasteiger partial charge in [0, 0.05) is 5.57 Å². The first-order chi connectivity index (χ1) is 8.89. The standard InChI is InChI=1S/C16H24O3/c1-10(15(18)19-4)12-5-7-16(3)8-6-14(17)11(2)13(16)9-12/h12-14,17H,1-2,5-9H2,3-4H3/t12-,13+,14+,16+/m1/s1. The van der Waals surface area contributed by atoms with Crippen LogP contribution in [0.1, 0.15) is 39.0 Å². The summed E-state index contributed by atoms with van der Waals surface area (Å²) in [6.07, 6.45) is 4.36. The number of fused-ring (bicyclic) bond motifs is 1. The van der Waals surface area contributed by atoms with Gasteiger partial charge in [-0.2, -0.15) is 0 Å². The number of carbonyl (C=O) groups is 1. The van der Waals surface area contributed by atoms with E-state index in [2.05, 4.69) is 20.1 Å². The Labute approximate surface area is 115 Å².